The summed E-state index contributed by atoms with van der Waals surface area (Å²) < 4.78 is 2.24. The number of nitrogens with zero attached hydrogens (tertiary/aromatic N) is 3. The van der Waals surface area contributed by atoms with Gasteiger partial charge in [-0.3, -0.25) is 9.69 Å². The maximum atomic E-state index is 12.4. The minimum absolute atomic E-state index is 0.390. The molecule has 3 atom stereocenters. The average molecular weight is 493 g/mol. The quantitative estimate of drug-likeness (QED) is 0.485. The van der Waals surface area contributed by atoms with Crippen LogP contribution in [0.5, 0.6) is 5.75 Å². The van der Waals surface area contributed by atoms with Crippen molar-refractivity contribution in [3.8, 4) is 17.0 Å². The maximum absolute atomic E-state index is 12.4. The van der Waals surface area contributed by atoms with Crippen molar-refractivity contribution in [2.45, 2.75) is 45.2 Å². The number of likely N-dealkylation sites (tertiary alicyclic amines) is 1. The zero-order valence-electron chi connectivity index (χ0n) is 21.5. The summed E-state index contributed by atoms with van der Waals surface area (Å²) >= 11 is 0. The summed E-state index contributed by atoms with van der Waals surface area (Å²) in [5.41, 5.74) is 2.59. The monoisotopic (exact) mass is 492 g/mol. The molecule has 3 aromatic rings. The summed E-state index contributed by atoms with van der Waals surface area (Å²) in [4.78, 5) is 31.6. The van der Waals surface area contributed by atoms with Gasteiger partial charge in [0.2, 0.25) is 0 Å². The first kappa shape index (κ1) is 24.6. The highest BCUT2D eigenvalue weighted by molar-refractivity contribution is 5.92. The fraction of sp³-hybridized carbons (Fsp3) is 0.500. The van der Waals surface area contributed by atoms with Crippen LogP contribution in [0.3, 0.4) is 0 Å². The number of H-pyrrole nitrogens is 1. The van der Waals surface area contributed by atoms with Crippen molar-refractivity contribution in [3.05, 3.63) is 51.4 Å². The Morgan fingerprint density at radius 3 is 2.67 bits per heavy atom. The number of hydrogen-bond acceptors (Lipinski definition) is 5. The highest BCUT2D eigenvalue weighted by Crippen LogP contribution is 2.39. The summed E-state index contributed by atoms with van der Waals surface area (Å²) in [6.07, 6.45) is 4.33. The summed E-state index contributed by atoms with van der Waals surface area (Å²) in [6.45, 7) is 5.02. The van der Waals surface area contributed by atoms with Gasteiger partial charge >= 0.3 is 5.97 Å². The normalized spacial score (nSPS) is 22.4. The number of carboxylic acids is 1. The van der Waals surface area contributed by atoms with E-state index in [9.17, 15) is 19.8 Å². The molecule has 2 aromatic heterocycles. The van der Waals surface area contributed by atoms with Crippen molar-refractivity contribution in [2.75, 3.05) is 27.2 Å². The Morgan fingerprint density at radius 2 is 1.97 bits per heavy atom. The first-order valence-corrected chi connectivity index (χ1v) is 12.9. The Kier molecular flexibility index (Phi) is 6.43. The molecular weight excluding hydrogens is 456 g/mol. The van der Waals surface area contributed by atoms with Crippen LogP contribution in [0.1, 0.15) is 47.8 Å². The number of aromatic nitrogens is 2. The second kappa shape index (κ2) is 9.41. The van der Waals surface area contributed by atoms with E-state index in [0.717, 1.165) is 47.9 Å². The van der Waals surface area contributed by atoms with Crippen molar-refractivity contribution < 1.29 is 15.0 Å². The van der Waals surface area contributed by atoms with Gasteiger partial charge in [-0.2, -0.15) is 0 Å². The van der Waals surface area contributed by atoms with E-state index in [4.69, 9.17) is 0 Å². The van der Waals surface area contributed by atoms with Gasteiger partial charge in [0, 0.05) is 54.9 Å². The molecule has 2 fully saturated rings. The number of hydrogen-bond donors (Lipinski definition) is 3. The third-order valence-corrected chi connectivity index (χ3v) is 8.47. The number of rotatable bonds is 6. The van der Waals surface area contributed by atoms with Crippen LogP contribution in [-0.4, -0.2) is 68.8 Å². The Balaban J connectivity index is 1.45. The molecule has 1 aliphatic carbocycles. The van der Waals surface area contributed by atoms with Crippen LogP contribution in [0, 0.1) is 11.8 Å². The standard InChI is InChI=1S/C28H36N4O4/c1-5-20-25(29-27(34)24(26(20)33)28(35)36)16-9-10-22-18(11-16)12-19(31(22)4)14-32-13-17-7-6-8-23(30(2)3)21(17)15-32/h9-12,17,21,23H,5-8,13-15H2,1-4H3,(H,35,36)(H2,29,33,34)/t17-,21+,23-/m1/s1. The number of aromatic carboxylic acids is 1. The van der Waals surface area contributed by atoms with Crippen LogP contribution in [0.4, 0.5) is 0 Å². The van der Waals surface area contributed by atoms with E-state index in [1.807, 2.05) is 25.1 Å². The van der Waals surface area contributed by atoms with Gasteiger partial charge in [0.15, 0.2) is 5.56 Å². The number of carboxylic acid groups (broad SMARTS) is 1. The fourth-order valence-corrected chi connectivity index (χ4v) is 6.66. The zero-order chi connectivity index (χ0) is 25.7. The second-order valence-electron chi connectivity index (χ2n) is 10.7. The van der Waals surface area contributed by atoms with Crippen molar-refractivity contribution >= 4 is 16.9 Å². The fourth-order valence-electron chi connectivity index (χ4n) is 6.66. The molecule has 1 aliphatic heterocycles. The Morgan fingerprint density at radius 1 is 1.19 bits per heavy atom. The molecule has 8 heteroatoms. The Bertz CT molecular complexity index is 1370. The molecule has 5 rings (SSSR count). The predicted molar refractivity (Wildman–Crippen MR) is 141 cm³/mol. The van der Waals surface area contributed by atoms with Crippen molar-refractivity contribution in [2.24, 2.45) is 18.9 Å². The largest absolute Gasteiger partial charge is 0.506 e. The van der Waals surface area contributed by atoms with Gasteiger partial charge in [0.05, 0.1) is 5.69 Å². The number of pyridine rings is 1. The third-order valence-electron chi connectivity index (χ3n) is 8.47. The number of aromatic hydroxyl groups is 1. The predicted octanol–water partition coefficient (Wildman–Crippen LogP) is 3.66. The average Bonchev–Trinajstić information content (AvgIpc) is 3.38. The van der Waals surface area contributed by atoms with E-state index >= 15 is 0 Å². The summed E-state index contributed by atoms with van der Waals surface area (Å²) in [5, 5.41) is 20.9. The molecule has 0 bridgehead atoms. The minimum Gasteiger partial charge on any atom is -0.506 e. The summed E-state index contributed by atoms with van der Waals surface area (Å²) in [6, 6.07) is 8.83. The number of nitrogens with one attached hydrogen (secondary N) is 1. The molecule has 1 saturated carbocycles. The molecule has 36 heavy (non-hydrogen) atoms. The van der Waals surface area contributed by atoms with Crippen LogP contribution in [-0.2, 0) is 20.0 Å². The molecule has 192 valence electrons. The number of benzene rings is 1. The van der Waals surface area contributed by atoms with Gasteiger partial charge in [-0.05, 0) is 69.0 Å². The Hall–Kier alpha value is -3.10. The molecule has 1 aromatic carbocycles. The Labute approximate surface area is 211 Å². The third kappa shape index (κ3) is 4.12. The summed E-state index contributed by atoms with van der Waals surface area (Å²) in [5.74, 6) is -0.375. The topological polar surface area (TPSA) is 102 Å². The van der Waals surface area contributed by atoms with Gasteiger partial charge in [0.25, 0.3) is 5.56 Å². The van der Waals surface area contributed by atoms with Crippen LogP contribution in [0.2, 0.25) is 0 Å². The lowest BCUT2D eigenvalue weighted by Crippen LogP contribution is -2.41. The van der Waals surface area contributed by atoms with Crippen LogP contribution in [0.25, 0.3) is 22.2 Å². The molecule has 1 saturated heterocycles. The molecule has 0 radical (unpaired) electrons. The molecule has 3 N–H and O–H groups in total. The highest BCUT2D eigenvalue weighted by atomic mass is 16.4. The second-order valence-corrected chi connectivity index (χ2v) is 10.7. The molecule has 0 unspecified atom stereocenters. The van der Waals surface area contributed by atoms with Crippen LogP contribution in [0.15, 0.2) is 29.1 Å². The first-order chi connectivity index (χ1) is 17.2. The van der Waals surface area contributed by atoms with Crippen molar-refractivity contribution in [3.63, 3.8) is 0 Å². The number of carbonyl (C=O) groups is 1. The van der Waals surface area contributed by atoms with E-state index < -0.39 is 22.8 Å². The van der Waals surface area contributed by atoms with Crippen LogP contribution >= 0.6 is 0 Å². The molecule has 8 nitrogen and oxygen atoms in total. The van der Waals surface area contributed by atoms with Crippen molar-refractivity contribution in [1.82, 2.24) is 19.4 Å². The smallest absolute Gasteiger partial charge is 0.345 e. The van der Waals surface area contributed by atoms with Gasteiger partial charge in [-0.25, -0.2) is 4.79 Å². The van der Waals surface area contributed by atoms with Crippen molar-refractivity contribution in [1.29, 1.82) is 0 Å². The van der Waals surface area contributed by atoms with Gasteiger partial charge in [-0.15, -0.1) is 0 Å². The zero-order valence-corrected chi connectivity index (χ0v) is 21.5. The lowest BCUT2D eigenvalue weighted by Gasteiger charge is -2.37. The molecule has 0 spiro atoms. The first-order valence-electron chi connectivity index (χ1n) is 12.9. The molecular formula is C28H36N4O4. The summed E-state index contributed by atoms with van der Waals surface area (Å²) in [7, 11) is 6.52. The number of aromatic amines is 1. The van der Waals surface area contributed by atoms with E-state index in [1.165, 1.54) is 25.0 Å². The molecule has 2 aliphatic rings. The van der Waals surface area contributed by atoms with Gasteiger partial charge in [-0.1, -0.05) is 19.4 Å². The maximum Gasteiger partial charge on any atom is 0.345 e. The van der Waals surface area contributed by atoms with E-state index in [1.54, 1.807) is 0 Å². The number of fused-ring (bicyclic) bond motifs is 2. The lowest BCUT2D eigenvalue weighted by molar-refractivity contribution is 0.0691. The van der Waals surface area contributed by atoms with E-state index in [-0.39, 0.29) is 0 Å². The molecule has 3 heterocycles. The highest BCUT2D eigenvalue weighted by Gasteiger charge is 2.41. The number of aryl methyl sites for hydroxylation is 1. The van der Waals surface area contributed by atoms with Gasteiger partial charge in [0.1, 0.15) is 5.75 Å². The van der Waals surface area contributed by atoms with Crippen LogP contribution < -0.4 is 5.56 Å². The van der Waals surface area contributed by atoms with E-state index in [2.05, 4.69) is 46.6 Å². The molecule has 0 amide bonds. The lowest BCUT2D eigenvalue weighted by atomic mass is 9.77. The minimum atomic E-state index is -1.43. The van der Waals surface area contributed by atoms with E-state index in [0.29, 0.717) is 23.7 Å². The van der Waals surface area contributed by atoms with Gasteiger partial charge < -0.3 is 24.7 Å². The SMILES string of the molecule is CCc1c(-c2ccc3c(c2)cc(CN2C[C@H]4CCC[C@@H](N(C)C)[C@H]4C2)n3C)[nH]c(=O)c(C(=O)O)c1O.